The Balaban J connectivity index is 1.76. The largest absolute Gasteiger partial charge is 0.465 e. The van der Waals surface area contributed by atoms with E-state index in [2.05, 4.69) is 41.6 Å². The van der Waals surface area contributed by atoms with E-state index in [1.807, 2.05) is 6.07 Å². The van der Waals surface area contributed by atoms with Crippen LogP contribution >= 0.6 is 0 Å². The third-order valence-electron chi connectivity index (χ3n) is 4.59. The van der Waals surface area contributed by atoms with Crippen molar-refractivity contribution in [2.75, 3.05) is 17.7 Å². The van der Waals surface area contributed by atoms with Gasteiger partial charge >= 0.3 is 5.97 Å². The number of carbonyl (C=O) groups excluding carboxylic acids is 2. The Hall–Kier alpha value is -3.67. The molecule has 0 fully saturated rings. The molecule has 6 heteroatoms. The molecular weight excluding hydrogens is 366 g/mol. The molecule has 148 valence electrons. The smallest absolute Gasteiger partial charge is 0.339 e. The van der Waals surface area contributed by atoms with Gasteiger partial charge in [0.05, 0.1) is 30.2 Å². The Morgan fingerprint density at radius 1 is 1.03 bits per heavy atom. The van der Waals surface area contributed by atoms with Gasteiger partial charge in [0.25, 0.3) is 5.91 Å². The van der Waals surface area contributed by atoms with Gasteiger partial charge in [0.1, 0.15) is 5.69 Å². The van der Waals surface area contributed by atoms with E-state index in [-0.39, 0.29) is 11.3 Å². The van der Waals surface area contributed by atoms with Crippen LogP contribution in [0.1, 0.15) is 38.9 Å². The number of ether oxygens (including phenoxy) is 1. The lowest BCUT2D eigenvalue weighted by atomic mass is 10.1. The second-order valence-corrected chi connectivity index (χ2v) is 6.51. The highest BCUT2D eigenvalue weighted by atomic mass is 16.5. The van der Waals surface area contributed by atoms with E-state index in [1.165, 1.54) is 12.7 Å². The molecule has 3 aromatic rings. The van der Waals surface area contributed by atoms with Crippen LogP contribution in [0.3, 0.4) is 0 Å². The van der Waals surface area contributed by atoms with Crippen LogP contribution < -0.4 is 10.6 Å². The number of benzene rings is 2. The molecule has 0 unspecified atom stereocenters. The van der Waals surface area contributed by atoms with E-state index in [1.54, 1.807) is 42.6 Å². The molecule has 2 N–H and O–H groups in total. The molecule has 0 saturated carbocycles. The summed E-state index contributed by atoms with van der Waals surface area (Å²) in [6.45, 7) is 4.16. The number of rotatable bonds is 6. The Labute approximate surface area is 169 Å². The summed E-state index contributed by atoms with van der Waals surface area (Å²) >= 11 is 0. The maximum atomic E-state index is 12.6. The van der Waals surface area contributed by atoms with Crippen molar-refractivity contribution in [1.82, 2.24) is 4.98 Å². The van der Waals surface area contributed by atoms with Crippen molar-refractivity contribution in [3.63, 3.8) is 0 Å². The molecule has 0 radical (unpaired) electrons. The van der Waals surface area contributed by atoms with Gasteiger partial charge in [-0.2, -0.15) is 0 Å². The van der Waals surface area contributed by atoms with Gasteiger partial charge in [-0.05, 0) is 48.7 Å². The minimum absolute atomic E-state index is 0.246. The van der Waals surface area contributed by atoms with Crippen molar-refractivity contribution in [3.8, 4) is 0 Å². The second-order valence-electron chi connectivity index (χ2n) is 6.51. The molecule has 0 bridgehead atoms. The first kappa shape index (κ1) is 20.1. The molecular formula is C23H23N3O3. The topological polar surface area (TPSA) is 80.3 Å². The highest BCUT2D eigenvalue weighted by Gasteiger charge is 2.15. The minimum Gasteiger partial charge on any atom is -0.465 e. The number of esters is 1. The van der Waals surface area contributed by atoms with Gasteiger partial charge in [-0.25, -0.2) is 9.78 Å². The summed E-state index contributed by atoms with van der Waals surface area (Å²) in [4.78, 5) is 28.7. The fourth-order valence-corrected chi connectivity index (χ4v) is 3.01. The zero-order valence-corrected chi connectivity index (χ0v) is 16.7. The van der Waals surface area contributed by atoms with Crippen LogP contribution in [0.15, 0.2) is 60.8 Å². The molecule has 1 amide bonds. The summed E-state index contributed by atoms with van der Waals surface area (Å²) in [5, 5.41) is 6.10. The van der Waals surface area contributed by atoms with Crippen molar-refractivity contribution < 1.29 is 14.3 Å². The van der Waals surface area contributed by atoms with E-state index < -0.39 is 11.9 Å². The average Bonchev–Trinajstić information content (AvgIpc) is 2.75. The van der Waals surface area contributed by atoms with Gasteiger partial charge in [0.15, 0.2) is 0 Å². The number of anilines is 3. The van der Waals surface area contributed by atoms with Crippen LogP contribution in [-0.2, 0) is 11.2 Å². The van der Waals surface area contributed by atoms with Crippen molar-refractivity contribution in [1.29, 1.82) is 0 Å². The highest BCUT2D eigenvalue weighted by molar-refractivity contribution is 6.07. The molecule has 0 aliphatic heterocycles. The lowest BCUT2D eigenvalue weighted by Crippen LogP contribution is -2.16. The van der Waals surface area contributed by atoms with Crippen molar-refractivity contribution in [2.45, 2.75) is 20.3 Å². The van der Waals surface area contributed by atoms with Gasteiger partial charge in [-0.1, -0.05) is 37.3 Å². The normalized spacial score (nSPS) is 10.3. The van der Waals surface area contributed by atoms with Gasteiger partial charge in [0.2, 0.25) is 0 Å². The number of nitrogens with zero attached hydrogens (tertiary/aromatic N) is 1. The zero-order valence-electron chi connectivity index (χ0n) is 16.7. The Bertz CT molecular complexity index is 1030. The molecule has 3 rings (SSSR count). The molecule has 0 spiro atoms. The Kier molecular flexibility index (Phi) is 6.24. The van der Waals surface area contributed by atoms with Crippen LogP contribution in [0.5, 0.6) is 0 Å². The van der Waals surface area contributed by atoms with Gasteiger partial charge in [-0.15, -0.1) is 0 Å². The Morgan fingerprint density at radius 2 is 1.83 bits per heavy atom. The molecule has 0 aliphatic rings. The SMILES string of the molecule is CCc1cccc(C)c1Nc1ccc(C(=O)Nc2ccccc2C(=O)OC)nc1. The number of methoxy groups -OCH3 is 1. The molecule has 0 saturated heterocycles. The highest BCUT2D eigenvalue weighted by Crippen LogP contribution is 2.25. The first-order valence-corrected chi connectivity index (χ1v) is 9.33. The number of nitrogens with one attached hydrogen (secondary N) is 2. The number of carbonyl (C=O) groups is 2. The number of aromatic nitrogens is 1. The van der Waals surface area contributed by atoms with E-state index in [0.717, 1.165) is 23.4 Å². The quantitative estimate of drug-likeness (QED) is 0.596. The standard InChI is InChI=1S/C23H23N3O3/c1-4-16-9-7-8-15(2)21(16)25-17-12-13-20(24-14-17)22(27)26-19-11-6-5-10-18(19)23(28)29-3/h5-14,25H,4H2,1-3H3,(H,26,27). The van der Waals surface area contributed by atoms with Crippen molar-refractivity contribution in [3.05, 3.63) is 83.2 Å². The Morgan fingerprint density at radius 3 is 2.52 bits per heavy atom. The van der Waals surface area contributed by atoms with E-state index in [4.69, 9.17) is 4.74 Å². The summed E-state index contributed by atoms with van der Waals surface area (Å²) in [5.41, 5.74) is 5.11. The number of aryl methyl sites for hydroxylation is 2. The van der Waals surface area contributed by atoms with Crippen LogP contribution in [0, 0.1) is 6.92 Å². The van der Waals surface area contributed by atoms with Gasteiger partial charge < -0.3 is 15.4 Å². The summed E-state index contributed by atoms with van der Waals surface area (Å²) in [5.74, 6) is -0.920. The first-order chi connectivity index (χ1) is 14.0. The molecule has 1 heterocycles. The number of pyridine rings is 1. The second kappa shape index (κ2) is 9.01. The molecule has 6 nitrogen and oxygen atoms in total. The van der Waals surface area contributed by atoms with E-state index in [9.17, 15) is 9.59 Å². The molecule has 0 atom stereocenters. The van der Waals surface area contributed by atoms with Crippen molar-refractivity contribution in [2.24, 2.45) is 0 Å². The third kappa shape index (κ3) is 4.60. The van der Waals surface area contributed by atoms with Crippen molar-refractivity contribution >= 4 is 28.9 Å². The van der Waals surface area contributed by atoms with Crippen LogP contribution in [0.2, 0.25) is 0 Å². The monoisotopic (exact) mass is 389 g/mol. The van der Waals surface area contributed by atoms with Gasteiger partial charge in [0, 0.05) is 5.69 Å². The number of hydrogen-bond donors (Lipinski definition) is 2. The van der Waals surface area contributed by atoms with Crippen LogP contribution in [0.4, 0.5) is 17.1 Å². The lowest BCUT2D eigenvalue weighted by molar-refractivity contribution is 0.0602. The van der Waals surface area contributed by atoms with Crippen LogP contribution in [0.25, 0.3) is 0 Å². The number of amides is 1. The summed E-state index contributed by atoms with van der Waals surface area (Å²) < 4.78 is 4.75. The fourth-order valence-electron chi connectivity index (χ4n) is 3.01. The van der Waals surface area contributed by atoms with E-state index >= 15 is 0 Å². The molecule has 2 aromatic carbocycles. The average molecular weight is 389 g/mol. The predicted octanol–water partition coefficient (Wildman–Crippen LogP) is 4.73. The summed E-state index contributed by atoms with van der Waals surface area (Å²) in [6.07, 6.45) is 2.53. The van der Waals surface area contributed by atoms with Crippen LogP contribution in [-0.4, -0.2) is 24.0 Å². The number of para-hydroxylation sites is 2. The summed E-state index contributed by atoms with van der Waals surface area (Å²) in [6, 6.07) is 16.3. The minimum atomic E-state index is -0.515. The fraction of sp³-hybridized carbons (Fsp3) is 0.174. The first-order valence-electron chi connectivity index (χ1n) is 9.33. The summed E-state index contributed by atoms with van der Waals surface area (Å²) in [7, 11) is 1.30. The third-order valence-corrected chi connectivity index (χ3v) is 4.59. The molecule has 0 aliphatic carbocycles. The van der Waals surface area contributed by atoms with E-state index in [0.29, 0.717) is 5.69 Å². The zero-order chi connectivity index (χ0) is 20.8. The lowest BCUT2D eigenvalue weighted by Gasteiger charge is -2.14. The molecule has 1 aromatic heterocycles. The number of hydrogen-bond acceptors (Lipinski definition) is 5. The van der Waals surface area contributed by atoms with Gasteiger partial charge in [-0.3, -0.25) is 4.79 Å². The predicted molar refractivity (Wildman–Crippen MR) is 114 cm³/mol. The molecule has 29 heavy (non-hydrogen) atoms. The maximum Gasteiger partial charge on any atom is 0.339 e. The maximum absolute atomic E-state index is 12.6.